The Morgan fingerprint density at radius 2 is 2.30 bits per heavy atom. The summed E-state index contributed by atoms with van der Waals surface area (Å²) in [4.78, 5) is 22.5. The molecule has 1 amide bonds. The van der Waals surface area contributed by atoms with Crippen molar-refractivity contribution in [3.8, 4) is 5.75 Å². The Morgan fingerprint density at radius 3 is 2.85 bits per heavy atom. The molecule has 0 bridgehead atoms. The van der Waals surface area contributed by atoms with Crippen molar-refractivity contribution in [3.63, 3.8) is 0 Å². The maximum Gasteiger partial charge on any atom is 0.312 e. The van der Waals surface area contributed by atoms with Gasteiger partial charge in [0.25, 0.3) is 0 Å². The van der Waals surface area contributed by atoms with Crippen LogP contribution in [0.1, 0.15) is 13.3 Å². The number of hydrogen-bond donors (Lipinski definition) is 2. The Morgan fingerprint density at radius 1 is 1.55 bits per heavy atom. The number of ether oxygens (including phenoxy) is 1. The second-order valence-electron chi connectivity index (χ2n) is 4.77. The summed E-state index contributed by atoms with van der Waals surface area (Å²) in [5, 5.41) is 16.8. The van der Waals surface area contributed by atoms with Gasteiger partial charge in [0.2, 0.25) is 5.91 Å². The number of hydrogen-bond acceptors (Lipinski definition) is 5. The standard InChI is InChI=1S/C13H17N3O4/c1-8-10(5-6-14-8)13(17)15-9-3-4-12(20-2)11(7-9)16(18)19/h3-4,7-8,10,14H,5-6H2,1-2H3,(H,15,17). The van der Waals surface area contributed by atoms with Gasteiger partial charge >= 0.3 is 5.69 Å². The highest BCUT2D eigenvalue weighted by molar-refractivity contribution is 5.93. The fraction of sp³-hybridized carbons (Fsp3) is 0.462. The van der Waals surface area contributed by atoms with Crippen molar-refractivity contribution in [2.75, 3.05) is 19.0 Å². The zero-order chi connectivity index (χ0) is 14.7. The van der Waals surface area contributed by atoms with Crippen LogP contribution in [-0.2, 0) is 4.79 Å². The van der Waals surface area contributed by atoms with Crippen LogP contribution in [0.2, 0.25) is 0 Å². The maximum atomic E-state index is 12.1. The Labute approximate surface area is 116 Å². The first-order valence-corrected chi connectivity index (χ1v) is 6.39. The van der Waals surface area contributed by atoms with Crippen molar-refractivity contribution < 1.29 is 14.5 Å². The van der Waals surface area contributed by atoms with Crippen molar-refractivity contribution in [3.05, 3.63) is 28.3 Å². The quantitative estimate of drug-likeness (QED) is 0.644. The van der Waals surface area contributed by atoms with E-state index in [1.807, 2.05) is 6.92 Å². The molecule has 7 heteroatoms. The van der Waals surface area contributed by atoms with Crippen molar-refractivity contribution in [2.24, 2.45) is 5.92 Å². The fourth-order valence-corrected chi connectivity index (χ4v) is 2.36. The molecule has 1 aliphatic heterocycles. The lowest BCUT2D eigenvalue weighted by atomic mass is 10.0. The van der Waals surface area contributed by atoms with Crippen LogP contribution in [0, 0.1) is 16.0 Å². The minimum Gasteiger partial charge on any atom is -0.490 e. The molecule has 20 heavy (non-hydrogen) atoms. The topological polar surface area (TPSA) is 93.5 Å². The van der Waals surface area contributed by atoms with E-state index in [0.29, 0.717) is 5.69 Å². The number of amides is 1. The molecule has 0 aromatic heterocycles. The third-order valence-corrected chi connectivity index (χ3v) is 3.51. The lowest BCUT2D eigenvalue weighted by Crippen LogP contribution is -2.32. The summed E-state index contributed by atoms with van der Waals surface area (Å²) in [6, 6.07) is 4.49. The molecule has 2 rings (SSSR count). The van der Waals surface area contributed by atoms with Gasteiger partial charge in [-0.3, -0.25) is 14.9 Å². The summed E-state index contributed by atoms with van der Waals surface area (Å²) in [5.41, 5.74) is 0.240. The molecule has 1 aromatic rings. The van der Waals surface area contributed by atoms with Crippen molar-refractivity contribution >= 4 is 17.3 Å². The van der Waals surface area contributed by atoms with Gasteiger partial charge in [0.1, 0.15) is 0 Å². The van der Waals surface area contributed by atoms with Gasteiger partial charge in [-0.2, -0.15) is 0 Å². The lowest BCUT2D eigenvalue weighted by Gasteiger charge is -2.15. The van der Waals surface area contributed by atoms with Gasteiger partial charge in [0.15, 0.2) is 5.75 Å². The maximum absolute atomic E-state index is 12.1. The van der Waals surface area contributed by atoms with Gasteiger partial charge in [0, 0.05) is 17.8 Å². The molecule has 7 nitrogen and oxygen atoms in total. The molecular weight excluding hydrogens is 262 g/mol. The molecule has 2 atom stereocenters. The van der Waals surface area contributed by atoms with Gasteiger partial charge in [-0.15, -0.1) is 0 Å². The molecule has 0 spiro atoms. The first-order chi connectivity index (χ1) is 9.52. The van der Waals surface area contributed by atoms with E-state index >= 15 is 0 Å². The number of methoxy groups -OCH3 is 1. The second kappa shape index (κ2) is 5.87. The van der Waals surface area contributed by atoms with Crippen LogP contribution in [0.25, 0.3) is 0 Å². The number of nitrogens with one attached hydrogen (secondary N) is 2. The Balaban J connectivity index is 2.15. The van der Waals surface area contributed by atoms with Crippen molar-refractivity contribution in [2.45, 2.75) is 19.4 Å². The van der Waals surface area contributed by atoms with E-state index in [0.717, 1.165) is 13.0 Å². The van der Waals surface area contributed by atoms with Gasteiger partial charge in [0.05, 0.1) is 18.0 Å². The summed E-state index contributed by atoms with van der Waals surface area (Å²) in [7, 11) is 1.37. The number of nitro benzene ring substituents is 1. The number of carbonyl (C=O) groups excluding carboxylic acids is 1. The highest BCUT2D eigenvalue weighted by atomic mass is 16.6. The zero-order valence-corrected chi connectivity index (χ0v) is 11.4. The van der Waals surface area contributed by atoms with E-state index < -0.39 is 4.92 Å². The number of nitro groups is 1. The highest BCUT2D eigenvalue weighted by Crippen LogP contribution is 2.30. The lowest BCUT2D eigenvalue weighted by molar-refractivity contribution is -0.385. The van der Waals surface area contributed by atoms with Crippen LogP contribution in [0.15, 0.2) is 18.2 Å². The van der Waals surface area contributed by atoms with Crippen LogP contribution < -0.4 is 15.4 Å². The summed E-state index contributed by atoms with van der Waals surface area (Å²) < 4.78 is 4.92. The molecule has 108 valence electrons. The number of carbonyl (C=O) groups is 1. The van der Waals surface area contributed by atoms with Gasteiger partial charge in [-0.1, -0.05) is 0 Å². The van der Waals surface area contributed by atoms with E-state index in [1.54, 1.807) is 6.07 Å². The monoisotopic (exact) mass is 279 g/mol. The molecule has 2 N–H and O–H groups in total. The van der Waals surface area contributed by atoms with E-state index in [-0.39, 0.29) is 29.3 Å². The average Bonchev–Trinajstić information content (AvgIpc) is 2.85. The van der Waals surface area contributed by atoms with E-state index in [4.69, 9.17) is 4.74 Å². The predicted molar refractivity (Wildman–Crippen MR) is 73.8 cm³/mol. The van der Waals surface area contributed by atoms with Gasteiger partial charge in [-0.25, -0.2) is 0 Å². The van der Waals surface area contributed by atoms with E-state index in [1.165, 1.54) is 19.2 Å². The Hall–Kier alpha value is -2.15. The number of benzene rings is 1. The summed E-state index contributed by atoms with van der Waals surface area (Å²) in [5.74, 6) is -0.0676. The smallest absolute Gasteiger partial charge is 0.312 e. The zero-order valence-electron chi connectivity index (χ0n) is 11.4. The minimum absolute atomic E-state index is 0.114. The van der Waals surface area contributed by atoms with E-state index in [2.05, 4.69) is 10.6 Å². The van der Waals surface area contributed by atoms with Crippen LogP contribution in [0.3, 0.4) is 0 Å². The highest BCUT2D eigenvalue weighted by Gasteiger charge is 2.29. The molecule has 1 fully saturated rings. The molecule has 0 radical (unpaired) electrons. The molecular formula is C13H17N3O4. The number of anilines is 1. The molecule has 0 saturated carbocycles. The van der Waals surface area contributed by atoms with Crippen LogP contribution >= 0.6 is 0 Å². The third-order valence-electron chi connectivity index (χ3n) is 3.51. The molecule has 0 aliphatic carbocycles. The van der Waals surface area contributed by atoms with Crippen molar-refractivity contribution in [1.29, 1.82) is 0 Å². The molecule has 1 heterocycles. The summed E-state index contributed by atoms with van der Waals surface area (Å²) in [6.07, 6.45) is 0.769. The first kappa shape index (κ1) is 14.3. The van der Waals surface area contributed by atoms with Crippen molar-refractivity contribution in [1.82, 2.24) is 5.32 Å². The fourth-order valence-electron chi connectivity index (χ4n) is 2.36. The number of nitrogens with zero attached hydrogens (tertiary/aromatic N) is 1. The molecule has 1 aliphatic rings. The third kappa shape index (κ3) is 2.88. The second-order valence-corrected chi connectivity index (χ2v) is 4.77. The normalized spacial score (nSPS) is 21.5. The van der Waals surface area contributed by atoms with E-state index in [9.17, 15) is 14.9 Å². The minimum atomic E-state index is -0.533. The van der Waals surface area contributed by atoms with Crippen LogP contribution in [0.5, 0.6) is 5.75 Å². The molecule has 2 unspecified atom stereocenters. The SMILES string of the molecule is COc1ccc(NC(=O)C2CCNC2C)cc1[N+](=O)[O-]. The van der Waals surface area contributed by atoms with Crippen LogP contribution in [-0.4, -0.2) is 30.5 Å². The molecule has 1 aromatic carbocycles. The van der Waals surface area contributed by atoms with Gasteiger partial charge < -0.3 is 15.4 Å². The first-order valence-electron chi connectivity index (χ1n) is 6.39. The number of rotatable bonds is 4. The predicted octanol–water partition coefficient (Wildman–Crippen LogP) is 1.54. The van der Waals surface area contributed by atoms with Gasteiger partial charge in [-0.05, 0) is 32.0 Å². The summed E-state index contributed by atoms with van der Waals surface area (Å²) >= 11 is 0. The largest absolute Gasteiger partial charge is 0.490 e. The Kier molecular flexibility index (Phi) is 4.19. The molecule has 1 saturated heterocycles. The Bertz CT molecular complexity index is 532. The van der Waals surface area contributed by atoms with Crippen LogP contribution in [0.4, 0.5) is 11.4 Å². The summed E-state index contributed by atoms with van der Waals surface area (Å²) in [6.45, 7) is 2.76. The average molecular weight is 279 g/mol.